The summed E-state index contributed by atoms with van der Waals surface area (Å²) in [7, 11) is 1.14. The summed E-state index contributed by atoms with van der Waals surface area (Å²) in [6.07, 6.45) is -0.485. The molecule has 2 aromatic carbocycles. The molecule has 0 aromatic heterocycles. The monoisotopic (exact) mass is 350 g/mol. The van der Waals surface area contributed by atoms with Crippen molar-refractivity contribution in [1.82, 2.24) is 5.06 Å². The molecule has 0 saturated carbocycles. The molecule has 24 heavy (non-hydrogen) atoms. The van der Waals surface area contributed by atoms with E-state index in [1.54, 1.807) is 30.3 Å². The summed E-state index contributed by atoms with van der Waals surface area (Å²) >= 11 is 6.12. The predicted octanol–water partition coefficient (Wildman–Crippen LogP) is 2.72. The summed E-state index contributed by atoms with van der Waals surface area (Å²) in [6, 6.07) is 11.9. The maximum absolute atomic E-state index is 12.0. The Balaban J connectivity index is 2.58. The van der Waals surface area contributed by atoms with Crippen molar-refractivity contribution >= 4 is 23.2 Å². The van der Waals surface area contributed by atoms with Crippen molar-refractivity contribution in [2.75, 3.05) is 7.05 Å². The highest BCUT2D eigenvalue weighted by Crippen LogP contribution is 2.38. The van der Waals surface area contributed by atoms with Gasteiger partial charge in [0.05, 0.1) is 16.4 Å². The summed E-state index contributed by atoms with van der Waals surface area (Å²) in [4.78, 5) is 22.2. The summed E-state index contributed by atoms with van der Waals surface area (Å²) in [5, 5.41) is 31.6. The smallest absolute Gasteiger partial charge is 0.270 e. The zero-order valence-electron chi connectivity index (χ0n) is 12.7. The van der Waals surface area contributed by atoms with Crippen LogP contribution in [-0.4, -0.2) is 33.3 Å². The van der Waals surface area contributed by atoms with Gasteiger partial charge < -0.3 is 5.11 Å². The minimum atomic E-state index is -1.85. The Morgan fingerprint density at radius 2 is 1.92 bits per heavy atom. The Morgan fingerprint density at radius 1 is 1.29 bits per heavy atom. The van der Waals surface area contributed by atoms with E-state index in [2.05, 4.69) is 0 Å². The van der Waals surface area contributed by atoms with Crippen LogP contribution < -0.4 is 0 Å². The molecule has 0 fully saturated rings. The lowest BCUT2D eigenvalue weighted by molar-refractivity contribution is -0.384. The third-order valence-electron chi connectivity index (χ3n) is 3.63. The van der Waals surface area contributed by atoms with Gasteiger partial charge in [0.2, 0.25) is 5.91 Å². The molecule has 0 radical (unpaired) electrons. The third-order valence-corrected chi connectivity index (χ3v) is 3.94. The van der Waals surface area contributed by atoms with Crippen molar-refractivity contribution in [2.24, 2.45) is 0 Å². The Labute approximate surface area is 142 Å². The number of hydrogen-bond donors (Lipinski definition) is 2. The maximum Gasteiger partial charge on any atom is 0.270 e. The molecule has 0 spiro atoms. The van der Waals surface area contributed by atoms with Crippen molar-refractivity contribution in [3.8, 4) is 0 Å². The molecule has 1 atom stereocenters. The summed E-state index contributed by atoms with van der Waals surface area (Å²) < 4.78 is 0. The standard InChI is InChI=1S/C16H15ClN2O5/c1-18(22)15(20)10-16(21,11-5-3-2-4-6-11)13-8-7-12(19(23)24)9-14(13)17/h2-9,21-22H,10H2,1H3. The molecule has 2 N–H and O–H groups in total. The first-order valence-electron chi connectivity index (χ1n) is 6.93. The zero-order chi connectivity index (χ0) is 17.9. The Morgan fingerprint density at radius 3 is 2.42 bits per heavy atom. The molecule has 0 aliphatic rings. The van der Waals surface area contributed by atoms with Crippen LogP contribution in [0.25, 0.3) is 0 Å². The highest BCUT2D eigenvalue weighted by Gasteiger charge is 2.37. The third kappa shape index (κ3) is 3.53. The fourth-order valence-corrected chi connectivity index (χ4v) is 2.68. The van der Waals surface area contributed by atoms with Crippen LogP contribution in [0.3, 0.4) is 0 Å². The van der Waals surface area contributed by atoms with Gasteiger partial charge in [-0.05, 0) is 11.6 Å². The highest BCUT2D eigenvalue weighted by molar-refractivity contribution is 6.31. The summed E-state index contributed by atoms with van der Waals surface area (Å²) in [6.45, 7) is 0. The molecular formula is C16H15ClN2O5. The van der Waals surface area contributed by atoms with Crippen LogP contribution in [0.1, 0.15) is 17.5 Å². The molecule has 2 rings (SSSR count). The molecule has 0 bridgehead atoms. The molecule has 8 heteroatoms. The van der Waals surface area contributed by atoms with Gasteiger partial charge in [0, 0.05) is 24.7 Å². The molecule has 0 aliphatic heterocycles. The lowest BCUT2D eigenvalue weighted by atomic mass is 9.83. The van der Waals surface area contributed by atoms with Gasteiger partial charge in [-0.3, -0.25) is 20.1 Å². The number of rotatable bonds is 5. The van der Waals surface area contributed by atoms with Crippen molar-refractivity contribution in [3.63, 3.8) is 0 Å². The van der Waals surface area contributed by atoms with E-state index < -0.39 is 22.9 Å². The SMILES string of the molecule is CN(O)C(=O)CC(O)(c1ccccc1)c1ccc([N+](=O)[O-])cc1Cl. The number of halogens is 1. The Kier molecular flexibility index (Phi) is 5.18. The molecule has 2 aromatic rings. The number of benzene rings is 2. The van der Waals surface area contributed by atoms with Gasteiger partial charge in [-0.25, -0.2) is 5.06 Å². The van der Waals surface area contributed by atoms with Crippen molar-refractivity contribution in [2.45, 2.75) is 12.0 Å². The number of non-ortho nitro benzene ring substituents is 1. The number of nitrogens with zero attached hydrogens (tertiary/aromatic N) is 2. The van der Waals surface area contributed by atoms with Crippen LogP contribution in [0, 0.1) is 10.1 Å². The number of nitro groups is 1. The van der Waals surface area contributed by atoms with Crippen LogP contribution in [0.15, 0.2) is 48.5 Å². The van der Waals surface area contributed by atoms with E-state index in [0.717, 1.165) is 13.1 Å². The second-order valence-corrected chi connectivity index (χ2v) is 5.65. The maximum atomic E-state index is 12.0. The number of hydroxylamine groups is 2. The lowest BCUT2D eigenvalue weighted by Crippen LogP contribution is -2.36. The number of amides is 1. The minimum Gasteiger partial charge on any atom is -0.380 e. The van der Waals surface area contributed by atoms with Gasteiger partial charge in [-0.15, -0.1) is 0 Å². The van der Waals surface area contributed by atoms with Crippen LogP contribution in [0.5, 0.6) is 0 Å². The Bertz CT molecular complexity index is 766. The van der Waals surface area contributed by atoms with Gasteiger partial charge in [0.15, 0.2) is 0 Å². The van der Waals surface area contributed by atoms with E-state index in [1.165, 1.54) is 12.1 Å². The first-order valence-corrected chi connectivity index (χ1v) is 7.31. The molecule has 0 saturated heterocycles. The van der Waals surface area contributed by atoms with E-state index in [-0.39, 0.29) is 16.3 Å². The molecule has 0 heterocycles. The summed E-state index contributed by atoms with van der Waals surface area (Å²) in [5.41, 5.74) is -1.57. The molecule has 1 amide bonds. The second kappa shape index (κ2) is 6.96. The van der Waals surface area contributed by atoms with Crippen LogP contribution >= 0.6 is 11.6 Å². The van der Waals surface area contributed by atoms with E-state index in [1.807, 2.05) is 0 Å². The second-order valence-electron chi connectivity index (χ2n) is 5.24. The van der Waals surface area contributed by atoms with Gasteiger partial charge in [-0.1, -0.05) is 41.9 Å². The molecule has 0 aliphatic carbocycles. The Hall–Kier alpha value is -2.48. The molecule has 1 unspecified atom stereocenters. The average Bonchev–Trinajstić information content (AvgIpc) is 2.55. The first-order chi connectivity index (χ1) is 11.3. The number of hydrogen-bond acceptors (Lipinski definition) is 5. The number of carbonyl (C=O) groups is 1. The van der Waals surface area contributed by atoms with Crippen molar-refractivity contribution < 1.29 is 20.0 Å². The quantitative estimate of drug-likeness (QED) is 0.490. The van der Waals surface area contributed by atoms with E-state index in [4.69, 9.17) is 11.6 Å². The predicted molar refractivity (Wildman–Crippen MR) is 86.7 cm³/mol. The number of nitro benzene ring substituents is 1. The largest absolute Gasteiger partial charge is 0.380 e. The van der Waals surface area contributed by atoms with Gasteiger partial charge in [0.25, 0.3) is 5.69 Å². The normalized spacial score (nSPS) is 13.2. The fourth-order valence-electron chi connectivity index (χ4n) is 2.35. The van der Waals surface area contributed by atoms with E-state index in [9.17, 15) is 25.2 Å². The van der Waals surface area contributed by atoms with Crippen molar-refractivity contribution in [3.05, 3.63) is 74.8 Å². The average molecular weight is 351 g/mol. The lowest BCUT2D eigenvalue weighted by Gasteiger charge is -2.30. The minimum absolute atomic E-state index is 0.0519. The van der Waals surface area contributed by atoms with Crippen molar-refractivity contribution in [1.29, 1.82) is 0 Å². The number of carbonyl (C=O) groups excluding carboxylic acids is 1. The molecule has 126 valence electrons. The zero-order valence-corrected chi connectivity index (χ0v) is 13.5. The fraction of sp³-hybridized carbons (Fsp3) is 0.188. The topological polar surface area (TPSA) is 104 Å². The van der Waals surface area contributed by atoms with Gasteiger partial charge >= 0.3 is 0 Å². The molecular weight excluding hydrogens is 336 g/mol. The van der Waals surface area contributed by atoms with Crippen LogP contribution in [0.4, 0.5) is 5.69 Å². The van der Waals surface area contributed by atoms with Gasteiger partial charge in [-0.2, -0.15) is 0 Å². The van der Waals surface area contributed by atoms with E-state index in [0.29, 0.717) is 10.6 Å². The summed E-state index contributed by atoms with van der Waals surface area (Å²) in [5.74, 6) is -0.740. The number of aliphatic hydroxyl groups is 1. The highest BCUT2D eigenvalue weighted by atomic mass is 35.5. The van der Waals surface area contributed by atoms with E-state index >= 15 is 0 Å². The molecule has 7 nitrogen and oxygen atoms in total. The van der Waals surface area contributed by atoms with Crippen LogP contribution in [0.2, 0.25) is 5.02 Å². The van der Waals surface area contributed by atoms with Gasteiger partial charge in [0.1, 0.15) is 5.60 Å². The van der Waals surface area contributed by atoms with Crippen LogP contribution in [-0.2, 0) is 10.4 Å². The first kappa shape index (κ1) is 17.9.